The zero-order valence-corrected chi connectivity index (χ0v) is 26.6. The van der Waals surface area contributed by atoms with Gasteiger partial charge in [-0.2, -0.15) is 0 Å². The van der Waals surface area contributed by atoms with E-state index in [1.807, 2.05) is 94.5 Å². The fourth-order valence-corrected chi connectivity index (χ4v) is 7.74. The molecule has 6 rings (SSSR count). The average molecular weight is 614 g/mol. The number of nitrogens with zero attached hydrogens (tertiary/aromatic N) is 3. The van der Waals surface area contributed by atoms with E-state index >= 15 is 0 Å². The largest absolute Gasteiger partial charge is 0.494 e. The number of likely N-dealkylation sites (tertiary alicyclic amines) is 1. The van der Waals surface area contributed by atoms with Crippen LogP contribution in [-0.2, 0) is 19.1 Å². The lowest BCUT2D eigenvalue weighted by Crippen LogP contribution is -2.56. The molecule has 3 amide bonds. The molecule has 2 saturated heterocycles. The van der Waals surface area contributed by atoms with Crippen LogP contribution in [0.15, 0.2) is 66.8 Å². The van der Waals surface area contributed by atoms with Crippen LogP contribution in [0.25, 0.3) is 0 Å². The Hall–Kier alpha value is -3.95. The summed E-state index contributed by atoms with van der Waals surface area (Å²) < 4.78 is 12.7. The fraction of sp³-hybridized carbons (Fsp3) is 0.472. The predicted molar refractivity (Wildman–Crippen MR) is 172 cm³/mol. The third-order valence-electron chi connectivity index (χ3n) is 9.86. The van der Waals surface area contributed by atoms with Gasteiger partial charge >= 0.3 is 0 Å². The van der Waals surface area contributed by atoms with Gasteiger partial charge in [0.2, 0.25) is 11.8 Å². The maximum Gasteiger partial charge on any atom is 0.253 e. The highest BCUT2D eigenvalue weighted by Crippen LogP contribution is 2.59. The second-order valence-electron chi connectivity index (χ2n) is 12.5. The van der Waals surface area contributed by atoms with Crippen LogP contribution < -0.4 is 14.5 Å². The highest BCUT2D eigenvalue weighted by atomic mass is 16.5. The van der Waals surface area contributed by atoms with Crippen LogP contribution in [0, 0.1) is 25.7 Å². The van der Waals surface area contributed by atoms with E-state index in [2.05, 4.69) is 0 Å². The molecule has 1 N–H and O–H groups in total. The van der Waals surface area contributed by atoms with E-state index < -0.39 is 29.1 Å². The Morgan fingerprint density at radius 2 is 1.62 bits per heavy atom. The molecule has 0 saturated carbocycles. The zero-order valence-electron chi connectivity index (χ0n) is 26.6. The second kappa shape index (κ2) is 12.1. The monoisotopic (exact) mass is 613 g/mol. The number of rotatable bonds is 9. The first kappa shape index (κ1) is 31.0. The molecule has 4 aliphatic rings. The fourth-order valence-electron chi connectivity index (χ4n) is 7.74. The van der Waals surface area contributed by atoms with Crippen LogP contribution in [0.3, 0.4) is 0 Å². The molecule has 2 fully saturated rings. The Bertz CT molecular complexity index is 1540. The molecule has 0 radical (unpaired) electrons. The Kier molecular flexibility index (Phi) is 8.35. The van der Waals surface area contributed by atoms with Gasteiger partial charge in [-0.15, -0.1) is 0 Å². The van der Waals surface area contributed by atoms with Gasteiger partial charge in [-0.25, -0.2) is 0 Å². The SMILES string of the molecule is CCOc1ccc(N2CC=C[C@]3(CC)O[C@]45C=CCN(c6cc(C)ccc6C)C(=O)C4N(CCCCO)C(=O)[C@@H]5[C@@H]3C2=O)cc1. The number of amides is 3. The number of hydrogen-bond acceptors (Lipinski definition) is 6. The molecule has 5 atom stereocenters. The van der Waals surface area contributed by atoms with Gasteiger partial charge in [0.05, 0.1) is 24.0 Å². The molecule has 0 aliphatic carbocycles. The van der Waals surface area contributed by atoms with Gasteiger partial charge < -0.3 is 29.3 Å². The van der Waals surface area contributed by atoms with Crippen LogP contribution in [-0.4, -0.2) is 77.8 Å². The number of aliphatic hydroxyl groups is 1. The van der Waals surface area contributed by atoms with Gasteiger partial charge in [-0.1, -0.05) is 43.4 Å². The lowest BCUT2D eigenvalue weighted by atomic mass is 9.73. The molecule has 1 unspecified atom stereocenters. The Balaban J connectivity index is 1.45. The van der Waals surface area contributed by atoms with Crippen LogP contribution in [0.4, 0.5) is 11.4 Å². The van der Waals surface area contributed by atoms with Crippen molar-refractivity contribution in [3.8, 4) is 5.75 Å². The minimum atomic E-state index is -1.33. The molecular formula is C36H43N3O6. The first-order chi connectivity index (χ1) is 21.7. The second-order valence-corrected chi connectivity index (χ2v) is 12.5. The summed E-state index contributed by atoms with van der Waals surface area (Å²) in [5, 5.41) is 9.53. The van der Waals surface area contributed by atoms with Crippen molar-refractivity contribution in [3.05, 3.63) is 77.9 Å². The summed E-state index contributed by atoms with van der Waals surface area (Å²) in [6.07, 6.45) is 9.19. The number of anilines is 2. The normalized spacial score (nSPS) is 29.0. The Labute approximate surface area is 265 Å². The van der Waals surface area contributed by atoms with Crippen LogP contribution in [0.5, 0.6) is 5.75 Å². The van der Waals surface area contributed by atoms with Crippen molar-refractivity contribution >= 4 is 29.1 Å². The smallest absolute Gasteiger partial charge is 0.253 e. The number of unbranched alkanes of at least 4 members (excludes halogenated alkanes) is 1. The van der Waals surface area contributed by atoms with Gasteiger partial charge in [0.25, 0.3) is 5.91 Å². The molecule has 2 aromatic carbocycles. The van der Waals surface area contributed by atoms with E-state index in [0.717, 1.165) is 16.8 Å². The van der Waals surface area contributed by atoms with Gasteiger partial charge in [-0.3, -0.25) is 14.4 Å². The van der Waals surface area contributed by atoms with Crippen molar-refractivity contribution in [1.82, 2.24) is 4.90 Å². The highest BCUT2D eigenvalue weighted by molar-refractivity contribution is 6.08. The molecule has 2 aromatic rings. The first-order valence-corrected chi connectivity index (χ1v) is 16.1. The number of benzene rings is 2. The number of aryl methyl sites for hydroxylation is 2. The minimum absolute atomic E-state index is 0.0118. The van der Waals surface area contributed by atoms with Gasteiger partial charge in [0.1, 0.15) is 17.4 Å². The van der Waals surface area contributed by atoms with Gasteiger partial charge in [0, 0.05) is 37.6 Å². The van der Waals surface area contributed by atoms with Gasteiger partial charge in [0.15, 0.2) is 0 Å². The van der Waals surface area contributed by atoms with Crippen LogP contribution in [0.2, 0.25) is 0 Å². The molecule has 9 nitrogen and oxygen atoms in total. The number of ether oxygens (including phenoxy) is 2. The number of carbonyl (C=O) groups excluding carboxylic acids is 3. The topological polar surface area (TPSA) is 99.6 Å². The number of carbonyl (C=O) groups is 3. The van der Waals surface area contributed by atoms with E-state index in [-0.39, 0.29) is 30.9 Å². The average Bonchev–Trinajstić information content (AvgIpc) is 3.31. The number of aliphatic hydroxyl groups excluding tert-OH is 1. The molecule has 4 aliphatic heterocycles. The molecule has 4 heterocycles. The Morgan fingerprint density at radius 3 is 2.33 bits per heavy atom. The van der Waals surface area contributed by atoms with E-state index in [4.69, 9.17) is 9.47 Å². The van der Waals surface area contributed by atoms with Crippen molar-refractivity contribution < 1.29 is 29.0 Å². The van der Waals surface area contributed by atoms with E-state index in [1.54, 1.807) is 14.7 Å². The summed E-state index contributed by atoms with van der Waals surface area (Å²) in [6.45, 7) is 9.32. The Morgan fingerprint density at radius 1 is 0.889 bits per heavy atom. The molecule has 238 valence electrons. The first-order valence-electron chi connectivity index (χ1n) is 16.1. The number of hydrogen-bond donors (Lipinski definition) is 1. The predicted octanol–water partition coefficient (Wildman–Crippen LogP) is 4.34. The maximum atomic E-state index is 14.8. The molecule has 0 bridgehead atoms. The summed E-state index contributed by atoms with van der Waals surface area (Å²) in [7, 11) is 0. The molecule has 0 aromatic heterocycles. The minimum Gasteiger partial charge on any atom is -0.494 e. The van der Waals surface area contributed by atoms with E-state index in [0.29, 0.717) is 50.4 Å². The number of fused-ring (bicyclic) bond motifs is 2. The third kappa shape index (κ3) is 4.97. The quantitative estimate of drug-likeness (QED) is 0.334. The molecular weight excluding hydrogens is 570 g/mol. The lowest BCUT2D eigenvalue weighted by molar-refractivity contribution is -0.145. The summed E-state index contributed by atoms with van der Waals surface area (Å²) in [4.78, 5) is 49.2. The third-order valence-corrected chi connectivity index (χ3v) is 9.86. The summed E-state index contributed by atoms with van der Waals surface area (Å²) >= 11 is 0. The van der Waals surface area contributed by atoms with Crippen molar-refractivity contribution in [3.63, 3.8) is 0 Å². The summed E-state index contributed by atoms with van der Waals surface area (Å²) in [6, 6.07) is 12.5. The summed E-state index contributed by atoms with van der Waals surface area (Å²) in [5.74, 6) is -1.70. The lowest BCUT2D eigenvalue weighted by Gasteiger charge is -2.38. The molecule has 9 heteroatoms. The van der Waals surface area contributed by atoms with Crippen LogP contribution in [0.1, 0.15) is 44.2 Å². The maximum absolute atomic E-state index is 14.8. The van der Waals surface area contributed by atoms with E-state index in [1.165, 1.54) is 0 Å². The van der Waals surface area contributed by atoms with Crippen LogP contribution >= 0.6 is 0 Å². The molecule has 45 heavy (non-hydrogen) atoms. The van der Waals surface area contributed by atoms with Gasteiger partial charge in [-0.05, 0) is 81.5 Å². The zero-order chi connectivity index (χ0) is 31.9. The molecule has 1 spiro atoms. The standard InChI is InChI=1S/C36H43N3O6/c1-5-35-17-9-20-37(26-13-15-27(16-14-26)44-6-2)32(41)29(35)30-33(42)39(19-7-8-22-40)31-34(43)38(21-10-18-36(30,31)45-35)28-23-24(3)11-12-25(28)4/h9-18,23,29-31,40H,5-8,19-22H2,1-4H3/t29-,30+,31?,35+,36+/m1/s1. The van der Waals surface area contributed by atoms with E-state index in [9.17, 15) is 19.5 Å². The van der Waals surface area contributed by atoms with Crippen molar-refractivity contribution in [2.45, 2.75) is 64.2 Å². The van der Waals surface area contributed by atoms with Crippen molar-refractivity contribution in [2.75, 3.05) is 42.6 Å². The summed E-state index contributed by atoms with van der Waals surface area (Å²) in [5.41, 5.74) is 1.09. The van der Waals surface area contributed by atoms with Crippen molar-refractivity contribution in [1.29, 1.82) is 0 Å². The van der Waals surface area contributed by atoms with Crippen molar-refractivity contribution in [2.24, 2.45) is 11.8 Å². The highest BCUT2D eigenvalue weighted by Gasteiger charge is 2.75.